The first-order valence-corrected chi connectivity index (χ1v) is 12.7. The first kappa shape index (κ1) is 25.6. The van der Waals surface area contributed by atoms with Gasteiger partial charge in [-0.25, -0.2) is 4.79 Å². The number of thiophene rings is 1. The Hall–Kier alpha value is -3.46. The lowest BCUT2D eigenvalue weighted by Gasteiger charge is -2.26. The number of carbonyl (C=O) groups excluding carboxylic acids is 1. The van der Waals surface area contributed by atoms with Crippen LogP contribution in [0.2, 0.25) is 0 Å². The van der Waals surface area contributed by atoms with E-state index in [4.69, 9.17) is 19.3 Å². The largest absolute Gasteiger partial charge is 0.496 e. The number of aromatic carboxylic acids is 1. The molecular weight excluding hydrogens is 478 g/mol. The number of carboxylic acids is 1. The average molecular weight is 508 g/mol. The summed E-state index contributed by atoms with van der Waals surface area (Å²) in [5.41, 5.74) is 2.24. The van der Waals surface area contributed by atoms with Gasteiger partial charge in [0.2, 0.25) is 0 Å². The van der Waals surface area contributed by atoms with Crippen LogP contribution in [0.4, 0.5) is 0 Å². The van der Waals surface area contributed by atoms with Gasteiger partial charge in [0.1, 0.15) is 11.5 Å². The molecule has 4 rings (SSSR count). The Labute approximate surface area is 214 Å². The smallest absolute Gasteiger partial charge is 0.335 e. The minimum Gasteiger partial charge on any atom is -0.496 e. The van der Waals surface area contributed by atoms with Gasteiger partial charge in [-0.3, -0.25) is 9.69 Å². The molecule has 1 aromatic heterocycles. The van der Waals surface area contributed by atoms with Crippen molar-refractivity contribution < 1.29 is 28.9 Å². The second-order valence-corrected chi connectivity index (χ2v) is 9.25. The molecule has 0 atom stereocenters. The number of methoxy groups -OCH3 is 1. The number of allylic oxidation sites excluding steroid dienone is 1. The molecule has 0 unspecified atom stereocenters. The number of carbonyl (C=O) groups is 2. The number of ether oxygens (including phenoxy) is 3. The van der Waals surface area contributed by atoms with Crippen LogP contribution in [0, 0.1) is 0 Å². The predicted molar refractivity (Wildman–Crippen MR) is 140 cm³/mol. The molecular formula is C28H29NO6S. The highest BCUT2D eigenvalue weighted by Crippen LogP contribution is 2.39. The molecule has 1 aliphatic rings. The quantitative estimate of drug-likeness (QED) is 0.219. The van der Waals surface area contributed by atoms with Gasteiger partial charge in [-0.15, -0.1) is 11.3 Å². The molecule has 0 aliphatic carbocycles. The third-order valence-electron chi connectivity index (χ3n) is 5.93. The van der Waals surface area contributed by atoms with E-state index in [2.05, 4.69) is 4.90 Å². The highest BCUT2D eigenvalue weighted by molar-refractivity contribution is 7.13. The van der Waals surface area contributed by atoms with Crippen LogP contribution < -0.4 is 9.47 Å². The maximum Gasteiger partial charge on any atom is 0.335 e. The van der Waals surface area contributed by atoms with Crippen molar-refractivity contribution in [3.8, 4) is 21.9 Å². The van der Waals surface area contributed by atoms with Crippen molar-refractivity contribution >= 4 is 29.2 Å². The van der Waals surface area contributed by atoms with E-state index in [1.165, 1.54) is 30.3 Å². The fourth-order valence-corrected chi connectivity index (χ4v) is 4.71. The van der Waals surface area contributed by atoms with E-state index in [0.29, 0.717) is 23.7 Å². The normalized spacial score (nSPS) is 14.1. The number of morpholine rings is 1. The molecule has 7 nitrogen and oxygen atoms in total. The Morgan fingerprint density at radius 2 is 1.83 bits per heavy atom. The second kappa shape index (κ2) is 12.5. The summed E-state index contributed by atoms with van der Waals surface area (Å²) in [7, 11) is 1.63. The zero-order chi connectivity index (χ0) is 25.3. The molecule has 0 radical (unpaired) electrons. The highest BCUT2D eigenvalue weighted by Gasteiger charge is 2.15. The van der Waals surface area contributed by atoms with Crippen molar-refractivity contribution in [2.45, 2.75) is 6.42 Å². The SMILES string of the molecule is COc1cc(OCCCN2CCOCC2)c(/C=C/C(=O)c2ccc(C(=O)O)cc2)cc1-c1cccs1. The molecule has 0 saturated carbocycles. The first-order valence-electron chi connectivity index (χ1n) is 11.8. The number of ketones is 1. The lowest BCUT2D eigenvalue weighted by atomic mass is 10.0. The van der Waals surface area contributed by atoms with E-state index in [-0.39, 0.29) is 11.3 Å². The molecule has 1 aliphatic heterocycles. The van der Waals surface area contributed by atoms with Crippen molar-refractivity contribution in [2.24, 2.45) is 0 Å². The summed E-state index contributed by atoms with van der Waals surface area (Å²) in [5, 5.41) is 11.1. The van der Waals surface area contributed by atoms with Crippen molar-refractivity contribution in [3.05, 3.63) is 76.7 Å². The zero-order valence-electron chi connectivity index (χ0n) is 20.1. The standard InChI is InChI=1S/C28H29NO6S/c1-33-26-19-25(35-14-3-11-29-12-15-34-16-13-29)22(18-23(26)27-4-2-17-36-27)9-10-24(30)20-5-7-21(8-6-20)28(31)32/h2,4-10,17-19H,3,11-16H2,1H3,(H,31,32)/b10-9+. The van der Waals surface area contributed by atoms with Crippen LogP contribution in [0.5, 0.6) is 11.5 Å². The number of hydrogen-bond donors (Lipinski definition) is 1. The van der Waals surface area contributed by atoms with Crippen molar-refractivity contribution in [2.75, 3.05) is 46.6 Å². The molecule has 36 heavy (non-hydrogen) atoms. The van der Waals surface area contributed by atoms with Crippen molar-refractivity contribution in [3.63, 3.8) is 0 Å². The molecule has 0 bridgehead atoms. The Balaban J connectivity index is 1.54. The molecule has 8 heteroatoms. The highest BCUT2D eigenvalue weighted by atomic mass is 32.1. The zero-order valence-corrected chi connectivity index (χ0v) is 21.0. The van der Waals surface area contributed by atoms with Gasteiger partial charge < -0.3 is 19.3 Å². The molecule has 2 heterocycles. The summed E-state index contributed by atoms with van der Waals surface area (Å²) in [6, 6.07) is 13.7. The van der Waals surface area contributed by atoms with E-state index in [0.717, 1.165) is 55.3 Å². The van der Waals surface area contributed by atoms with Crippen LogP contribution in [0.1, 0.15) is 32.7 Å². The molecule has 3 aromatic rings. The number of carboxylic acid groups (broad SMARTS) is 1. The Bertz CT molecular complexity index is 1200. The van der Waals surface area contributed by atoms with Gasteiger partial charge in [0.05, 0.1) is 32.5 Å². The summed E-state index contributed by atoms with van der Waals surface area (Å²) >= 11 is 1.61. The van der Waals surface area contributed by atoms with Crippen LogP contribution in [0.3, 0.4) is 0 Å². The fourth-order valence-electron chi connectivity index (χ4n) is 3.96. The van der Waals surface area contributed by atoms with Crippen LogP contribution >= 0.6 is 11.3 Å². The molecule has 188 valence electrons. The first-order chi connectivity index (χ1) is 17.5. The molecule has 0 amide bonds. The average Bonchev–Trinajstić information content (AvgIpc) is 3.45. The number of rotatable bonds is 11. The van der Waals surface area contributed by atoms with Gasteiger partial charge >= 0.3 is 5.97 Å². The number of nitrogens with zero attached hydrogens (tertiary/aromatic N) is 1. The summed E-state index contributed by atoms with van der Waals surface area (Å²) < 4.78 is 17.2. The number of benzene rings is 2. The predicted octanol–water partition coefficient (Wildman–Crippen LogP) is 5.12. The monoisotopic (exact) mass is 507 g/mol. The van der Waals surface area contributed by atoms with E-state index in [1.54, 1.807) is 24.5 Å². The van der Waals surface area contributed by atoms with Gasteiger partial charge in [0.15, 0.2) is 5.78 Å². The van der Waals surface area contributed by atoms with E-state index < -0.39 is 5.97 Å². The van der Waals surface area contributed by atoms with Crippen LogP contribution in [-0.2, 0) is 4.74 Å². The van der Waals surface area contributed by atoms with Crippen molar-refractivity contribution in [1.29, 1.82) is 0 Å². The van der Waals surface area contributed by atoms with Crippen LogP contribution in [0.25, 0.3) is 16.5 Å². The molecule has 1 N–H and O–H groups in total. The minimum atomic E-state index is -1.03. The van der Waals surface area contributed by atoms with E-state index in [1.807, 2.05) is 29.6 Å². The Morgan fingerprint density at radius 1 is 1.08 bits per heavy atom. The van der Waals surface area contributed by atoms with Crippen LogP contribution in [0.15, 0.2) is 60.0 Å². The lowest BCUT2D eigenvalue weighted by Crippen LogP contribution is -2.37. The van der Waals surface area contributed by atoms with Gasteiger partial charge in [0.25, 0.3) is 0 Å². The van der Waals surface area contributed by atoms with E-state index in [9.17, 15) is 9.59 Å². The summed E-state index contributed by atoms with van der Waals surface area (Å²) in [6.07, 6.45) is 4.09. The Morgan fingerprint density at radius 3 is 2.50 bits per heavy atom. The minimum absolute atomic E-state index is 0.138. The Kier molecular flexibility index (Phi) is 8.89. The maximum absolute atomic E-state index is 12.8. The third-order valence-corrected chi connectivity index (χ3v) is 6.83. The molecule has 0 spiro atoms. The van der Waals surface area contributed by atoms with E-state index >= 15 is 0 Å². The van der Waals surface area contributed by atoms with Gasteiger partial charge in [-0.2, -0.15) is 0 Å². The third kappa shape index (κ3) is 6.60. The topological polar surface area (TPSA) is 85.3 Å². The van der Waals surface area contributed by atoms with Gasteiger partial charge in [0, 0.05) is 47.3 Å². The van der Waals surface area contributed by atoms with Gasteiger partial charge in [-0.05, 0) is 48.2 Å². The maximum atomic E-state index is 12.8. The summed E-state index contributed by atoms with van der Waals surface area (Å²) in [6.45, 7) is 4.88. The lowest BCUT2D eigenvalue weighted by molar-refractivity contribution is 0.0358. The summed E-state index contributed by atoms with van der Waals surface area (Å²) in [4.78, 5) is 27.3. The van der Waals surface area contributed by atoms with Crippen LogP contribution in [-0.4, -0.2) is 68.3 Å². The summed E-state index contributed by atoms with van der Waals surface area (Å²) in [5.74, 6) is 0.0887. The number of hydrogen-bond acceptors (Lipinski definition) is 7. The van der Waals surface area contributed by atoms with Gasteiger partial charge in [-0.1, -0.05) is 18.2 Å². The molecule has 1 fully saturated rings. The second-order valence-electron chi connectivity index (χ2n) is 8.30. The fraction of sp³-hybridized carbons (Fsp3) is 0.286. The molecule has 2 aromatic carbocycles. The molecule has 1 saturated heterocycles. The van der Waals surface area contributed by atoms with Crippen molar-refractivity contribution in [1.82, 2.24) is 4.90 Å².